The number of amides is 2. The summed E-state index contributed by atoms with van der Waals surface area (Å²) in [7, 11) is 0. The number of esters is 1. The highest BCUT2D eigenvalue weighted by atomic mass is 32.2. The van der Waals surface area contributed by atoms with Crippen LogP contribution in [-0.4, -0.2) is 90.8 Å². The summed E-state index contributed by atoms with van der Waals surface area (Å²) in [4.78, 5) is 38.0. The molecule has 2 heterocycles. The van der Waals surface area contributed by atoms with Crippen LogP contribution in [0.2, 0.25) is 0 Å². The van der Waals surface area contributed by atoms with Crippen LogP contribution in [0.15, 0.2) is 23.3 Å². The molecule has 6 aliphatic rings. The average molecular weight is 591 g/mol. The SMILES string of the molecule is CC1=C[C@H]2[C@@]3(O)[C@H](C)[C@@H](O)[C@]4(OC(=O)CCCC[C@@H]5SC[C@@H]6NC(=O)N[C@@H]65)[C@H]([C@@H]3C=C(CO)C[C@]2(O)C1=O)C4(C)C. The van der Waals surface area contributed by atoms with Crippen LogP contribution in [0.3, 0.4) is 0 Å². The molecule has 2 saturated heterocycles. The Morgan fingerprint density at radius 3 is 2.61 bits per heavy atom. The van der Waals surface area contributed by atoms with Crippen molar-refractivity contribution < 1.29 is 39.5 Å². The van der Waals surface area contributed by atoms with E-state index in [0.29, 0.717) is 22.8 Å². The average Bonchev–Trinajstić information content (AvgIpc) is 3.23. The highest BCUT2D eigenvalue weighted by Crippen LogP contribution is 2.76. The standard InChI is InChI=1S/C30H42N2O8S/c1-14-9-20-28(38,24(14)35)11-16(12-33)10-17-23-27(3,4)30(23,25(36)15(2)29(17,20)39)40-21(34)8-6-5-7-19-22-18(13-41-19)31-26(37)32-22/h9-10,15,17-20,22-23,25,33,36,38-39H,5-8,11-13H2,1-4H3,(H2,31,32,37)/t15-,17+,18+,19+,20-,22+,23-,25-,28-,29-,30-/m1/s1. The fourth-order valence-corrected chi connectivity index (χ4v) is 10.7. The summed E-state index contributed by atoms with van der Waals surface area (Å²) >= 11 is 1.83. The minimum absolute atomic E-state index is 0.108. The van der Waals surface area contributed by atoms with Crippen molar-refractivity contribution in [2.24, 2.45) is 29.1 Å². The number of thioether (sulfide) groups is 1. The summed E-state index contributed by atoms with van der Waals surface area (Å²) in [6, 6.07) is 0.157. The second kappa shape index (κ2) is 9.54. The van der Waals surface area contributed by atoms with E-state index in [2.05, 4.69) is 10.6 Å². The second-order valence-corrected chi connectivity index (χ2v) is 15.0. The number of aliphatic hydroxyl groups excluding tert-OH is 2. The molecule has 2 saturated carbocycles. The molecule has 11 atom stereocenters. The molecule has 10 nitrogen and oxygen atoms in total. The number of rotatable bonds is 7. The number of carbonyl (C=O) groups excluding carboxylic acids is 3. The zero-order valence-electron chi connectivity index (χ0n) is 24.1. The smallest absolute Gasteiger partial charge is 0.315 e. The summed E-state index contributed by atoms with van der Waals surface area (Å²) in [5.41, 5.74) is -4.76. The molecular weight excluding hydrogens is 548 g/mol. The van der Waals surface area contributed by atoms with Crippen molar-refractivity contribution in [2.45, 2.75) is 100 Å². The zero-order chi connectivity index (χ0) is 29.7. The molecule has 4 aliphatic carbocycles. The minimum Gasteiger partial charge on any atom is -0.455 e. The third kappa shape index (κ3) is 3.88. The van der Waals surface area contributed by atoms with E-state index in [1.165, 1.54) is 0 Å². The molecule has 2 amide bonds. The Kier molecular flexibility index (Phi) is 6.79. The Morgan fingerprint density at radius 1 is 1.17 bits per heavy atom. The van der Waals surface area contributed by atoms with E-state index in [-0.39, 0.29) is 37.6 Å². The van der Waals surface area contributed by atoms with Crippen LogP contribution in [0.5, 0.6) is 0 Å². The lowest BCUT2D eigenvalue weighted by Crippen LogP contribution is -2.65. The Bertz CT molecular complexity index is 1230. The molecule has 11 heteroatoms. The highest BCUT2D eigenvalue weighted by molar-refractivity contribution is 8.00. The van der Waals surface area contributed by atoms with Gasteiger partial charge in [-0.15, -0.1) is 0 Å². The maximum absolute atomic E-state index is 13.2. The summed E-state index contributed by atoms with van der Waals surface area (Å²) in [6.07, 6.45) is 4.51. The molecule has 0 bridgehead atoms. The number of unbranched alkanes of at least 4 members (excludes halogenated alkanes) is 1. The van der Waals surface area contributed by atoms with Gasteiger partial charge in [0, 0.05) is 52.9 Å². The predicted molar refractivity (Wildman–Crippen MR) is 151 cm³/mol. The molecule has 226 valence electrons. The first-order valence-electron chi connectivity index (χ1n) is 14.8. The van der Waals surface area contributed by atoms with E-state index in [4.69, 9.17) is 4.74 Å². The Labute approximate surface area is 244 Å². The molecule has 0 aromatic carbocycles. The third-order valence-electron chi connectivity index (χ3n) is 11.3. The van der Waals surface area contributed by atoms with E-state index < -0.39 is 63.7 Å². The molecule has 0 radical (unpaired) electrons. The van der Waals surface area contributed by atoms with E-state index in [0.717, 1.165) is 18.6 Å². The Balaban J connectivity index is 1.19. The van der Waals surface area contributed by atoms with Crippen molar-refractivity contribution in [1.82, 2.24) is 10.6 Å². The van der Waals surface area contributed by atoms with Gasteiger partial charge in [-0.25, -0.2) is 4.79 Å². The number of carbonyl (C=O) groups is 3. The van der Waals surface area contributed by atoms with Crippen molar-refractivity contribution in [1.29, 1.82) is 0 Å². The van der Waals surface area contributed by atoms with Crippen LogP contribution < -0.4 is 10.6 Å². The Morgan fingerprint density at radius 2 is 1.90 bits per heavy atom. The van der Waals surface area contributed by atoms with Gasteiger partial charge in [-0.3, -0.25) is 9.59 Å². The number of aliphatic hydroxyl groups is 4. The third-order valence-corrected chi connectivity index (χ3v) is 12.8. The van der Waals surface area contributed by atoms with Gasteiger partial charge in [-0.2, -0.15) is 11.8 Å². The number of Topliss-reactive ketones (excluding diaryl/α,β-unsaturated/α-hetero) is 1. The lowest BCUT2D eigenvalue weighted by atomic mass is 9.59. The van der Waals surface area contributed by atoms with Crippen molar-refractivity contribution in [3.05, 3.63) is 23.3 Å². The first-order chi connectivity index (χ1) is 19.2. The second-order valence-electron chi connectivity index (χ2n) is 13.7. The molecule has 4 fully saturated rings. The fraction of sp³-hybridized carbons (Fsp3) is 0.767. The van der Waals surface area contributed by atoms with Crippen molar-refractivity contribution in [3.63, 3.8) is 0 Å². The topological polar surface area (TPSA) is 165 Å². The first kappa shape index (κ1) is 29.2. The molecule has 0 aromatic rings. The molecule has 41 heavy (non-hydrogen) atoms. The number of fused-ring (bicyclic) bond motifs is 6. The van der Waals surface area contributed by atoms with Gasteiger partial charge in [-0.1, -0.05) is 39.3 Å². The maximum Gasteiger partial charge on any atom is 0.315 e. The fourth-order valence-electron chi connectivity index (χ4n) is 9.17. The minimum atomic E-state index is -1.92. The van der Waals surface area contributed by atoms with Gasteiger partial charge in [0.05, 0.1) is 30.4 Å². The van der Waals surface area contributed by atoms with Gasteiger partial charge >= 0.3 is 12.0 Å². The van der Waals surface area contributed by atoms with Gasteiger partial charge in [-0.05, 0) is 30.9 Å². The number of hydrogen-bond donors (Lipinski definition) is 6. The number of ketones is 1. The van der Waals surface area contributed by atoms with E-state index >= 15 is 0 Å². The van der Waals surface area contributed by atoms with Gasteiger partial charge < -0.3 is 35.8 Å². The summed E-state index contributed by atoms with van der Waals surface area (Å²) in [5, 5.41) is 52.2. The number of urea groups is 1. The van der Waals surface area contributed by atoms with Crippen LogP contribution in [0.25, 0.3) is 0 Å². The summed E-state index contributed by atoms with van der Waals surface area (Å²) < 4.78 is 6.18. The van der Waals surface area contributed by atoms with Crippen LogP contribution in [0.4, 0.5) is 4.79 Å². The quantitative estimate of drug-likeness (QED) is 0.111. The van der Waals surface area contributed by atoms with Crippen molar-refractivity contribution in [2.75, 3.05) is 12.4 Å². The van der Waals surface area contributed by atoms with Crippen LogP contribution in [0, 0.1) is 29.1 Å². The van der Waals surface area contributed by atoms with E-state index in [1.54, 1.807) is 26.0 Å². The molecular formula is C30H42N2O8S. The predicted octanol–water partition coefficient (Wildman–Crippen LogP) is 1.21. The lowest BCUT2D eigenvalue weighted by Gasteiger charge is -2.52. The van der Waals surface area contributed by atoms with Gasteiger partial charge in [0.15, 0.2) is 5.78 Å². The largest absolute Gasteiger partial charge is 0.455 e. The summed E-state index contributed by atoms with van der Waals surface area (Å²) in [6.45, 7) is 6.73. The van der Waals surface area contributed by atoms with Crippen LogP contribution >= 0.6 is 11.8 Å². The van der Waals surface area contributed by atoms with Crippen LogP contribution in [-0.2, 0) is 14.3 Å². The molecule has 6 rings (SSSR count). The normalized spacial score (nSPS) is 47.1. The van der Waals surface area contributed by atoms with Crippen molar-refractivity contribution in [3.8, 4) is 0 Å². The van der Waals surface area contributed by atoms with Gasteiger partial charge in [0.25, 0.3) is 0 Å². The lowest BCUT2D eigenvalue weighted by molar-refractivity contribution is -0.219. The highest BCUT2D eigenvalue weighted by Gasteiger charge is 2.86. The monoisotopic (exact) mass is 590 g/mol. The molecule has 0 unspecified atom stereocenters. The number of nitrogens with one attached hydrogen (secondary N) is 2. The Hall–Kier alpha value is -1.92. The van der Waals surface area contributed by atoms with E-state index in [9.17, 15) is 34.8 Å². The van der Waals surface area contributed by atoms with Gasteiger partial charge in [0.2, 0.25) is 0 Å². The molecule has 0 aromatic heterocycles. The van der Waals surface area contributed by atoms with Crippen LogP contribution in [0.1, 0.15) is 59.8 Å². The number of ether oxygens (including phenoxy) is 1. The van der Waals surface area contributed by atoms with Gasteiger partial charge in [0.1, 0.15) is 11.2 Å². The van der Waals surface area contributed by atoms with E-state index in [1.807, 2.05) is 25.6 Å². The maximum atomic E-state index is 13.2. The summed E-state index contributed by atoms with van der Waals surface area (Å²) in [5.74, 6) is -2.97. The van der Waals surface area contributed by atoms with Crippen molar-refractivity contribution >= 4 is 29.5 Å². The zero-order valence-corrected chi connectivity index (χ0v) is 24.9. The first-order valence-corrected chi connectivity index (χ1v) is 15.8. The molecule has 0 spiro atoms. The number of hydrogen-bond acceptors (Lipinski definition) is 9. The molecule has 6 N–H and O–H groups in total. The molecule has 2 aliphatic heterocycles.